The number of thiophene rings is 1. The van der Waals surface area contributed by atoms with Gasteiger partial charge >= 0.3 is 0 Å². The van der Waals surface area contributed by atoms with Crippen molar-refractivity contribution in [1.82, 2.24) is 5.32 Å². The Morgan fingerprint density at radius 2 is 2.24 bits per heavy atom. The lowest BCUT2D eigenvalue weighted by Gasteiger charge is -2.06. The van der Waals surface area contributed by atoms with Crippen LogP contribution < -0.4 is 11.1 Å². The number of halogens is 1. The second kappa shape index (κ2) is 7.02. The molecular weight excluding hydrogens is 287 g/mol. The van der Waals surface area contributed by atoms with Gasteiger partial charge in [0.05, 0.1) is 18.7 Å². The highest BCUT2D eigenvalue weighted by Gasteiger charge is 2.12. The molecule has 0 bridgehead atoms. The topological polar surface area (TPSA) is 55.1 Å². The molecule has 3 nitrogen and oxygen atoms in total. The van der Waals surface area contributed by atoms with E-state index in [0.29, 0.717) is 6.54 Å². The lowest BCUT2D eigenvalue weighted by Crippen LogP contribution is -2.23. The van der Waals surface area contributed by atoms with E-state index in [0.717, 1.165) is 16.0 Å². The smallest absolute Gasteiger partial charge is 0.254 e. The molecule has 1 aromatic carbocycles. The molecule has 1 heterocycles. The number of hydrogen-bond acceptors (Lipinski definition) is 3. The molecule has 21 heavy (non-hydrogen) atoms. The van der Waals surface area contributed by atoms with E-state index in [-0.39, 0.29) is 12.1 Å². The van der Waals surface area contributed by atoms with Crippen molar-refractivity contribution < 1.29 is 9.18 Å². The maximum absolute atomic E-state index is 13.6. The predicted octanol–water partition coefficient (Wildman–Crippen LogP) is 2.44. The molecule has 2 rings (SSSR count). The van der Waals surface area contributed by atoms with Gasteiger partial charge in [-0.3, -0.25) is 4.79 Å². The number of nitrogens with two attached hydrogens (primary N) is 1. The number of carbonyl (C=O) groups excluding carboxylic acids is 1. The molecule has 0 radical (unpaired) electrons. The van der Waals surface area contributed by atoms with E-state index in [1.54, 1.807) is 6.07 Å². The van der Waals surface area contributed by atoms with Crippen LogP contribution in [0.2, 0.25) is 0 Å². The molecular formula is C16H15FN2OS. The molecule has 0 spiro atoms. The molecule has 0 saturated carbocycles. The van der Waals surface area contributed by atoms with Crippen LogP contribution in [-0.2, 0) is 6.54 Å². The summed E-state index contributed by atoms with van der Waals surface area (Å²) in [5.41, 5.74) is 7.08. The molecule has 108 valence electrons. The first kappa shape index (κ1) is 15.2. The standard InChI is InChI=1S/C16H15FN2OS/c1-11-4-5-14(17)13(9-11)16(20)19-10-15-12(3-2-7-18)6-8-21-15/h4-6,8-9H,7,10,18H2,1H3,(H,19,20). The molecule has 5 heteroatoms. The molecule has 3 N–H and O–H groups in total. The van der Waals surface area contributed by atoms with Gasteiger partial charge in [0.2, 0.25) is 0 Å². The first-order chi connectivity index (χ1) is 10.1. The first-order valence-corrected chi connectivity index (χ1v) is 7.29. The number of hydrogen-bond donors (Lipinski definition) is 2. The number of rotatable bonds is 3. The normalized spacial score (nSPS) is 9.86. The summed E-state index contributed by atoms with van der Waals surface area (Å²) in [5, 5.41) is 4.62. The van der Waals surface area contributed by atoms with E-state index in [2.05, 4.69) is 17.2 Å². The fraction of sp³-hybridized carbons (Fsp3) is 0.188. The van der Waals surface area contributed by atoms with Crippen molar-refractivity contribution in [3.63, 3.8) is 0 Å². The van der Waals surface area contributed by atoms with Crippen LogP contribution in [0.15, 0.2) is 29.6 Å². The second-order valence-corrected chi connectivity index (χ2v) is 5.43. The monoisotopic (exact) mass is 302 g/mol. The van der Waals surface area contributed by atoms with Crippen LogP contribution in [0.1, 0.15) is 26.4 Å². The minimum atomic E-state index is -0.521. The highest BCUT2D eigenvalue weighted by Crippen LogP contribution is 2.16. The molecule has 0 atom stereocenters. The van der Waals surface area contributed by atoms with Crippen LogP contribution >= 0.6 is 11.3 Å². The van der Waals surface area contributed by atoms with Crippen molar-refractivity contribution in [2.45, 2.75) is 13.5 Å². The summed E-state index contributed by atoms with van der Waals surface area (Å²) in [6.45, 7) is 2.42. The van der Waals surface area contributed by atoms with Crippen LogP contribution in [0.25, 0.3) is 0 Å². The number of aryl methyl sites for hydroxylation is 1. The highest BCUT2D eigenvalue weighted by molar-refractivity contribution is 7.10. The van der Waals surface area contributed by atoms with Crippen molar-refractivity contribution >= 4 is 17.2 Å². The minimum absolute atomic E-state index is 0.0566. The quantitative estimate of drug-likeness (QED) is 0.856. The average Bonchev–Trinajstić information content (AvgIpc) is 2.92. The molecule has 0 saturated heterocycles. The van der Waals surface area contributed by atoms with Crippen LogP contribution in [0.3, 0.4) is 0 Å². The number of benzene rings is 1. The Bertz CT molecular complexity index is 713. The molecule has 1 amide bonds. The molecule has 1 aromatic heterocycles. The van der Waals surface area contributed by atoms with Gasteiger partial charge in [0.1, 0.15) is 5.82 Å². The highest BCUT2D eigenvalue weighted by atomic mass is 32.1. The van der Waals surface area contributed by atoms with Gasteiger partial charge in [0.25, 0.3) is 5.91 Å². The van der Waals surface area contributed by atoms with E-state index in [9.17, 15) is 9.18 Å². The maximum Gasteiger partial charge on any atom is 0.254 e. The van der Waals surface area contributed by atoms with Crippen LogP contribution in [0.5, 0.6) is 0 Å². The summed E-state index contributed by atoms with van der Waals surface area (Å²) in [5.74, 6) is 4.78. The lowest BCUT2D eigenvalue weighted by atomic mass is 10.1. The Morgan fingerprint density at radius 3 is 3.00 bits per heavy atom. The summed E-state index contributed by atoms with van der Waals surface area (Å²) < 4.78 is 13.6. The minimum Gasteiger partial charge on any atom is -0.347 e. The third-order valence-corrected chi connectivity index (χ3v) is 3.77. The van der Waals surface area contributed by atoms with E-state index in [1.165, 1.54) is 23.5 Å². The molecule has 0 aliphatic rings. The maximum atomic E-state index is 13.6. The van der Waals surface area contributed by atoms with E-state index in [1.807, 2.05) is 18.4 Å². The van der Waals surface area contributed by atoms with Crippen LogP contribution in [-0.4, -0.2) is 12.5 Å². The fourth-order valence-electron chi connectivity index (χ4n) is 1.80. The molecule has 0 aliphatic heterocycles. The Hall–Kier alpha value is -2.16. The van der Waals surface area contributed by atoms with Gasteiger partial charge < -0.3 is 11.1 Å². The van der Waals surface area contributed by atoms with Crippen molar-refractivity contribution in [1.29, 1.82) is 0 Å². The Kier molecular flexibility index (Phi) is 5.09. The average molecular weight is 302 g/mol. The molecule has 0 fully saturated rings. The lowest BCUT2D eigenvalue weighted by molar-refractivity contribution is 0.0947. The molecule has 0 aliphatic carbocycles. The largest absolute Gasteiger partial charge is 0.347 e. The summed E-state index contributed by atoms with van der Waals surface area (Å²) in [4.78, 5) is 13.0. The van der Waals surface area contributed by atoms with Gasteiger partial charge in [0.15, 0.2) is 0 Å². The molecule has 2 aromatic rings. The molecule has 0 unspecified atom stereocenters. The van der Waals surface area contributed by atoms with Gasteiger partial charge in [-0.05, 0) is 30.5 Å². The van der Waals surface area contributed by atoms with E-state index < -0.39 is 11.7 Å². The van der Waals surface area contributed by atoms with Crippen molar-refractivity contribution in [2.24, 2.45) is 5.73 Å². The zero-order valence-electron chi connectivity index (χ0n) is 11.6. The van der Waals surface area contributed by atoms with E-state index in [4.69, 9.17) is 5.73 Å². The summed E-state index contributed by atoms with van der Waals surface area (Å²) in [6.07, 6.45) is 0. The number of carbonyl (C=O) groups is 1. The fourth-order valence-corrected chi connectivity index (χ4v) is 2.57. The van der Waals surface area contributed by atoms with Gasteiger partial charge in [-0.15, -0.1) is 11.3 Å². The Labute approximate surface area is 127 Å². The Morgan fingerprint density at radius 1 is 1.43 bits per heavy atom. The van der Waals surface area contributed by atoms with Gasteiger partial charge in [-0.25, -0.2) is 4.39 Å². The number of nitrogens with one attached hydrogen (secondary N) is 1. The van der Waals surface area contributed by atoms with Gasteiger partial charge in [-0.1, -0.05) is 23.5 Å². The summed E-state index contributed by atoms with van der Waals surface area (Å²) in [7, 11) is 0. The van der Waals surface area contributed by atoms with Gasteiger partial charge in [0, 0.05) is 10.4 Å². The van der Waals surface area contributed by atoms with Crippen molar-refractivity contribution in [3.05, 3.63) is 57.0 Å². The third kappa shape index (κ3) is 3.91. The van der Waals surface area contributed by atoms with Crippen molar-refractivity contribution in [2.75, 3.05) is 6.54 Å². The van der Waals surface area contributed by atoms with Crippen LogP contribution in [0.4, 0.5) is 4.39 Å². The summed E-state index contributed by atoms with van der Waals surface area (Å²) >= 11 is 1.49. The zero-order valence-corrected chi connectivity index (χ0v) is 12.4. The second-order valence-electron chi connectivity index (χ2n) is 4.43. The van der Waals surface area contributed by atoms with Crippen LogP contribution in [0, 0.1) is 24.6 Å². The summed E-state index contributed by atoms with van der Waals surface area (Å²) in [6, 6.07) is 6.34. The SMILES string of the molecule is Cc1ccc(F)c(C(=O)NCc2sccc2C#CCN)c1. The van der Waals surface area contributed by atoms with Crippen molar-refractivity contribution in [3.8, 4) is 11.8 Å². The van der Waals surface area contributed by atoms with Gasteiger partial charge in [-0.2, -0.15) is 0 Å². The van der Waals surface area contributed by atoms with E-state index >= 15 is 0 Å². The third-order valence-electron chi connectivity index (χ3n) is 2.85. The predicted molar refractivity (Wildman–Crippen MR) is 82.6 cm³/mol. The Balaban J connectivity index is 2.08. The zero-order chi connectivity index (χ0) is 15.2. The number of amides is 1. The first-order valence-electron chi connectivity index (χ1n) is 6.41.